The number of alkyl carbamates (subject to hydrolysis) is 1. The number of hydrogen-bond acceptors (Lipinski definition) is 4. The van der Waals surface area contributed by atoms with Crippen LogP contribution in [0.25, 0.3) is 0 Å². The lowest BCUT2D eigenvalue weighted by molar-refractivity contribution is -0.146. The highest BCUT2D eigenvalue weighted by molar-refractivity contribution is 5.72. The number of ether oxygens (including phenoxy) is 1. The standard InChI is InChI=1S/C6H11NO5/c1-12-6(11)7-3-2-4(8)5(9)10/h4,8H,2-3H2,1H3,(H,7,11)(H,9,10). The first-order chi connectivity index (χ1) is 5.57. The number of nitrogens with one attached hydrogen (secondary N) is 1. The van der Waals surface area contributed by atoms with E-state index in [-0.39, 0.29) is 13.0 Å². The fraction of sp³-hybridized carbons (Fsp3) is 0.667. The van der Waals surface area contributed by atoms with Crippen LogP contribution in [0.1, 0.15) is 6.42 Å². The fourth-order valence-corrected chi connectivity index (χ4v) is 0.507. The van der Waals surface area contributed by atoms with Crippen LogP contribution in [0, 0.1) is 0 Å². The Kier molecular flexibility index (Phi) is 4.78. The molecule has 12 heavy (non-hydrogen) atoms. The summed E-state index contributed by atoms with van der Waals surface area (Å²) in [5.41, 5.74) is 0. The predicted molar refractivity (Wildman–Crippen MR) is 38.7 cm³/mol. The summed E-state index contributed by atoms with van der Waals surface area (Å²) in [6, 6.07) is 0. The summed E-state index contributed by atoms with van der Waals surface area (Å²) < 4.78 is 4.21. The van der Waals surface area contributed by atoms with Gasteiger partial charge in [0.1, 0.15) is 0 Å². The highest BCUT2D eigenvalue weighted by Crippen LogP contribution is 1.89. The summed E-state index contributed by atoms with van der Waals surface area (Å²) in [5.74, 6) is -1.30. The van der Waals surface area contributed by atoms with E-state index in [0.29, 0.717) is 0 Å². The minimum atomic E-state index is -1.44. The first-order valence-electron chi connectivity index (χ1n) is 3.30. The van der Waals surface area contributed by atoms with Crippen molar-refractivity contribution in [3.05, 3.63) is 0 Å². The van der Waals surface area contributed by atoms with Crippen LogP contribution in [0.2, 0.25) is 0 Å². The molecule has 0 bridgehead atoms. The van der Waals surface area contributed by atoms with E-state index in [1.54, 1.807) is 0 Å². The maximum atomic E-state index is 10.4. The van der Waals surface area contributed by atoms with E-state index in [9.17, 15) is 9.59 Å². The van der Waals surface area contributed by atoms with Crippen LogP contribution >= 0.6 is 0 Å². The number of aliphatic carboxylic acids is 1. The SMILES string of the molecule is COC(=O)NCCC(O)C(=O)O. The minimum Gasteiger partial charge on any atom is -0.479 e. The second-order valence-corrected chi connectivity index (χ2v) is 2.06. The Labute approximate surface area is 69.1 Å². The number of carbonyl (C=O) groups excluding carboxylic acids is 1. The first kappa shape index (κ1) is 10.7. The Hall–Kier alpha value is -1.30. The van der Waals surface area contributed by atoms with Crippen LogP contribution in [0.15, 0.2) is 0 Å². The Balaban J connectivity index is 3.43. The molecule has 0 radical (unpaired) electrons. The Morgan fingerprint density at radius 2 is 2.17 bits per heavy atom. The molecule has 0 aromatic carbocycles. The van der Waals surface area contributed by atoms with E-state index in [4.69, 9.17) is 10.2 Å². The number of aliphatic hydroxyl groups excluding tert-OH is 1. The first-order valence-corrected chi connectivity index (χ1v) is 3.30. The molecule has 6 nitrogen and oxygen atoms in total. The topological polar surface area (TPSA) is 95.9 Å². The number of carbonyl (C=O) groups is 2. The van der Waals surface area contributed by atoms with Gasteiger partial charge in [-0.1, -0.05) is 0 Å². The third kappa shape index (κ3) is 4.51. The number of rotatable bonds is 4. The zero-order valence-electron chi connectivity index (χ0n) is 6.61. The van der Waals surface area contributed by atoms with Gasteiger partial charge in [-0.3, -0.25) is 0 Å². The Morgan fingerprint density at radius 1 is 1.58 bits per heavy atom. The number of carboxylic acids is 1. The normalized spacial score (nSPS) is 11.8. The van der Waals surface area contributed by atoms with E-state index < -0.39 is 18.2 Å². The number of aliphatic hydroxyl groups is 1. The van der Waals surface area contributed by atoms with Gasteiger partial charge < -0.3 is 20.3 Å². The average molecular weight is 177 g/mol. The maximum absolute atomic E-state index is 10.4. The van der Waals surface area contributed by atoms with Gasteiger partial charge in [-0.15, -0.1) is 0 Å². The molecule has 0 saturated carbocycles. The molecule has 70 valence electrons. The zero-order chi connectivity index (χ0) is 9.56. The van der Waals surface area contributed by atoms with E-state index in [1.165, 1.54) is 7.11 Å². The minimum absolute atomic E-state index is 0.0373. The van der Waals surface area contributed by atoms with Crippen molar-refractivity contribution >= 4 is 12.1 Å². The number of hydrogen-bond donors (Lipinski definition) is 3. The lowest BCUT2D eigenvalue weighted by Gasteiger charge is -2.05. The zero-order valence-corrected chi connectivity index (χ0v) is 6.61. The molecule has 0 aliphatic rings. The molecule has 0 saturated heterocycles. The Morgan fingerprint density at radius 3 is 2.58 bits per heavy atom. The number of carboxylic acid groups (broad SMARTS) is 1. The van der Waals surface area contributed by atoms with Gasteiger partial charge in [-0.2, -0.15) is 0 Å². The highest BCUT2D eigenvalue weighted by atomic mass is 16.5. The molecular formula is C6H11NO5. The summed E-state index contributed by atoms with van der Waals surface area (Å²) in [5, 5.41) is 19.2. The van der Waals surface area contributed by atoms with Crippen molar-refractivity contribution in [2.75, 3.05) is 13.7 Å². The molecule has 3 N–H and O–H groups in total. The average Bonchev–Trinajstić information content (AvgIpc) is 2.03. The second-order valence-electron chi connectivity index (χ2n) is 2.06. The van der Waals surface area contributed by atoms with Crippen molar-refractivity contribution in [3.63, 3.8) is 0 Å². The smallest absolute Gasteiger partial charge is 0.406 e. The lowest BCUT2D eigenvalue weighted by Crippen LogP contribution is -2.29. The molecule has 6 heteroatoms. The van der Waals surface area contributed by atoms with Gasteiger partial charge in [0.15, 0.2) is 6.10 Å². The van der Waals surface area contributed by atoms with Crippen molar-refractivity contribution in [2.45, 2.75) is 12.5 Å². The van der Waals surface area contributed by atoms with Gasteiger partial charge >= 0.3 is 12.1 Å². The Bertz CT molecular complexity index is 169. The molecule has 0 heterocycles. The van der Waals surface area contributed by atoms with Crippen LogP contribution in [-0.2, 0) is 9.53 Å². The molecule has 0 aromatic rings. The van der Waals surface area contributed by atoms with Gasteiger partial charge in [0.25, 0.3) is 0 Å². The van der Waals surface area contributed by atoms with Crippen LogP contribution in [0.5, 0.6) is 0 Å². The molecule has 1 amide bonds. The predicted octanol–water partition coefficient (Wildman–Crippen LogP) is -0.822. The third-order valence-corrected chi connectivity index (χ3v) is 1.16. The molecule has 1 atom stereocenters. The molecule has 0 fully saturated rings. The monoisotopic (exact) mass is 177 g/mol. The maximum Gasteiger partial charge on any atom is 0.406 e. The van der Waals surface area contributed by atoms with Gasteiger partial charge in [0.2, 0.25) is 0 Å². The molecular weight excluding hydrogens is 166 g/mol. The second kappa shape index (κ2) is 5.36. The van der Waals surface area contributed by atoms with Gasteiger partial charge in [0.05, 0.1) is 7.11 Å². The lowest BCUT2D eigenvalue weighted by atomic mass is 10.2. The van der Waals surface area contributed by atoms with Crippen molar-refractivity contribution in [2.24, 2.45) is 0 Å². The number of amides is 1. The van der Waals surface area contributed by atoms with Crippen LogP contribution in [-0.4, -0.2) is 42.0 Å². The molecule has 0 aliphatic heterocycles. The highest BCUT2D eigenvalue weighted by Gasteiger charge is 2.12. The fourth-order valence-electron chi connectivity index (χ4n) is 0.507. The largest absolute Gasteiger partial charge is 0.479 e. The molecule has 0 rings (SSSR count). The quantitative estimate of drug-likeness (QED) is 0.521. The van der Waals surface area contributed by atoms with Gasteiger partial charge in [0, 0.05) is 13.0 Å². The summed E-state index contributed by atoms with van der Waals surface area (Å²) in [6.45, 7) is 0.0696. The molecule has 0 aliphatic carbocycles. The van der Waals surface area contributed by atoms with Crippen molar-refractivity contribution in [3.8, 4) is 0 Å². The summed E-state index contributed by atoms with van der Waals surface area (Å²) in [4.78, 5) is 20.5. The molecule has 0 spiro atoms. The van der Waals surface area contributed by atoms with Crippen molar-refractivity contribution < 1.29 is 24.5 Å². The molecule has 0 aromatic heterocycles. The van der Waals surface area contributed by atoms with Crippen LogP contribution < -0.4 is 5.32 Å². The van der Waals surface area contributed by atoms with Gasteiger partial charge in [-0.05, 0) is 0 Å². The molecule has 1 unspecified atom stereocenters. The van der Waals surface area contributed by atoms with E-state index in [2.05, 4.69) is 10.1 Å². The van der Waals surface area contributed by atoms with Crippen LogP contribution in [0.3, 0.4) is 0 Å². The third-order valence-electron chi connectivity index (χ3n) is 1.16. The number of methoxy groups -OCH3 is 1. The summed E-state index contributed by atoms with van der Waals surface area (Å²) >= 11 is 0. The van der Waals surface area contributed by atoms with E-state index >= 15 is 0 Å². The van der Waals surface area contributed by atoms with Crippen molar-refractivity contribution in [1.82, 2.24) is 5.32 Å². The summed E-state index contributed by atoms with van der Waals surface area (Å²) in [7, 11) is 1.20. The van der Waals surface area contributed by atoms with Gasteiger partial charge in [-0.25, -0.2) is 9.59 Å². The van der Waals surface area contributed by atoms with Crippen LogP contribution in [0.4, 0.5) is 4.79 Å². The van der Waals surface area contributed by atoms with E-state index in [1.807, 2.05) is 0 Å². The van der Waals surface area contributed by atoms with Crippen molar-refractivity contribution in [1.29, 1.82) is 0 Å². The summed E-state index contributed by atoms with van der Waals surface area (Å²) in [6.07, 6.45) is -2.13. The van der Waals surface area contributed by atoms with E-state index in [0.717, 1.165) is 0 Å².